The fourth-order valence-corrected chi connectivity index (χ4v) is 2.65. The molecule has 114 valence electrons. The van der Waals surface area contributed by atoms with Gasteiger partial charge in [-0.1, -0.05) is 48.5 Å². The fourth-order valence-electron chi connectivity index (χ4n) is 2.65. The van der Waals surface area contributed by atoms with Gasteiger partial charge in [0.25, 0.3) is 0 Å². The molecule has 0 radical (unpaired) electrons. The van der Waals surface area contributed by atoms with Gasteiger partial charge >= 0.3 is 0 Å². The summed E-state index contributed by atoms with van der Waals surface area (Å²) in [6.07, 6.45) is 0.483. The molecular formula is C21H19NO. The van der Waals surface area contributed by atoms with E-state index in [0.29, 0.717) is 6.42 Å². The summed E-state index contributed by atoms with van der Waals surface area (Å²) in [5.41, 5.74) is 4.34. The number of benzene rings is 3. The zero-order valence-corrected chi connectivity index (χ0v) is 13.1. The third-order valence-electron chi connectivity index (χ3n) is 3.68. The van der Waals surface area contributed by atoms with Gasteiger partial charge < -0.3 is 4.90 Å². The van der Waals surface area contributed by atoms with E-state index in [1.54, 1.807) is 6.92 Å². The summed E-state index contributed by atoms with van der Waals surface area (Å²) in [6.45, 7) is 1.62. The lowest BCUT2D eigenvalue weighted by atomic mass is 10.1. The van der Waals surface area contributed by atoms with Gasteiger partial charge in [-0.3, -0.25) is 4.79 Å². The van der Waals surface area contributed by atoms with Gasteiger partial charge in [-0.2, -0.15) is 0 Å². The largest absolute Gasteiger partial charge is 0.311 e. The molecule has 2 nitrogen and oxygen atoms in total. The van der Waals surface area contributed by atoms with Gasteiger partial charge in [0.05, 0.1) is 0 Å². The minimum absolute atomic E-state index is 0.181. The van der Waals surface area contributed by atoms with Crippen LogP contribution in [0.2, 0.25) is 0 Å². The third-order valence-corrected chi connectivity index (χ3v) is 3.68. The number of nitrogens with zero attached hydrogens (tertiary/aromatic N) is 1. The molecule has 0 amide bonds. The van der Waals surface area contributed by atoms with Crippen molar-refractivity contribution in [3.05, 3.63) is 90.5 Å². The van der Waals surface area contributed by atoms with Gasteiger partial charge in [0, 0.05) is 23.5 Å². The molecule has 23 heavy (non-hydrogen) atoms. The van der Waals surface area contributed by atoms with Crippen molar-refractivity contribution in [2.45, 2.75) is 13.3 Å². The first-order valence-electron chi connectivity index (χ1n) is 7.72. The van der Waals surface area contributed by atoms with E-state index in [1.807, 2.05) is 48.5 Å². The maximum absolute atomic E-state index is 11.3. The molecule has 0 spiro atoms. The molecule has 0 N–H and O–H groups in total. The SMILES string of the molecule is CC(=O)Cc1ccc(N(c2ccccc2)c2ccccc2)cc1. The van der Waals surface area contributed by atoms with E-state index in [1.165, 1.54) is 0 Å². The predicted octanol–water partition coefficient (Wildman–Crippen LogP) is 5.29. The zero-order valence-electron chi connectivity index (χ0n) is 13.1. The summed E-state index contributed by atoms with van der Waals surface area (Å²) in [7, 11) is 0. The second kappa shape index (κ2) is 6.93. The standard InChI is InChI=1S/C21H19NO/c1-17(23)16-18-12-14-21(15-13-18)22(19-8-4-2-5-9-19)20-10-6-3-7-11-20/h2-15H,16H2,1H3. The Kier molecular flexibility index (Phi) is 4.53. The lowest BCUT2D eigenvalue weighted by Crippen LogP contribution is -2.09. The molecule has 3 rings (SSSR count). The van der Waals surface area contributed by atoms with Gasteiger partial charge in [-0.25, -0.2) is 0 Å². The van der Waals surface area contributed by atoms with E-state index < -0.39 is 0 Å². The predicted molar refractivity (Wildman–Crippen MR) is 95.5 cm³/mol. The van der Waals surface area contributed by atoms with Crippen LogP contribution in [0.1, 0.15) is 12.5 Å². The molecule has 0 aliphatic rings. The van der Waals surface area contributed by atoms with Crippen LogP contribution in [0.5, 0.6) is 0 Å². The Hall–Kier alpha value is -2.87. The van der Waals surface area contributed by atoms with Crippen LogP contribution in [0, 0.1) is 0 Å². The fraction of sp³-hybridized carbons (Fsp3) is 0.0952. The number of carbonyl (C=O) groups excluding carboxylic acids is 1. The molecule has 0 fully saturated rings. The molecule has 0 heterocycles. The highest BCUT2D eigenvalue weighted by Crippen LogP contribution is 2.33. The number of Topliss-reactive ketones (excluding diaryl/α,β-unsaturated/α-hetero) is 1. The van der Waals surface area contributed by atoms with Crippen molar-refractivity contribution >= 4 is 22.8 Å². The van der Waals surface area contributed by atoms with Crippen molar-refractivity contribution in [3.8, 4) is 0 Å². The highest BCUT2D eigenvalue weighted by Gasteiger charge is 2.11. The van der Waals surface area contributed by atoms with Gasteiger partial charge in [0.2, 0.25) is 0 Å². The van der Waals surface area contributed by atoms with Gasteiger partial charge in [0.15, 0.2) is 0 Å². The number of hydrogen-bond acceptors (Lipinski definition) is 2. The van der Waals surface area contributed by atoms with Gasteiger partial charge in [-0.05, 0) is 48.9 Å². The summed E-state index contributed by atoms with van der Waals surface area (Å²) < 4.78 is 0. The van der Waals surface area contributed by atoms with Crippen molar-refractivity contribution in [1.82, 2.24) is 0 Å². The zero-order chi connectivity index (χ0) is 16.1. The molecule has 0 aliphatic carbocycles. The lowest BCUT2D eigenvalue weighted by molar-refractivity contribution is -0.116. The van der Waals surface area contributed by atoms with E-state index in [9.17, 15) is 4.79 Å². The quantitative estimate of drug-likeness (QED) is 0.638. The van der Waals surface area contributed by atoms with Crippen LogP contribution in [-0.4, -0.2) is 5.78 Å². The summed E-state index contributed by atoms with van der Waals surface area (Å²) in [5.74, 6) is 0.181. The van der Waals surface area contributed by atoms with Gasteiger partial charge in [-0.15, -0.1) is 0 Å². The lowest BCUT2D eigenvalue weighted by Gasteiger charge is -2.25. The smallest absolute Gasteiger partial charge is 0.134 e. The molecule has 2 heteroatoms. The van der Waals surface area contributed by atoms with E-state index >= 15 is 0 Å². The minimum Gasteiger partial charge on any atom is -0.311 e. The van der Waals surface area contributed by atoms with Crippen LogP contribution in [0.15, 0.2) is 84.9 Å². The van der Waals surface area contributed by atoms with Crippen LogP contribution >= 0.6 is 0 Å². The number of para-hydroxylation sites is 2. The first-order chi connectivity index (χ1) is 11.2. The Morgan fingerprint density at radius 3 is 1.57 bits per heavy atom. The molecule has 3 aromatic rings. The van der Waals surface area contributed by atoms with E-state index in [4.69, 9.17) is 0 Å². The first-order valence-corrected chi connectivity index (χ1v) is 7.72. The van der Waals surface area contributed by atoms with Crippen LogP contribution in [0.3, 0.4) is 0 Å². The number of hydrogen-bond donors (Lipinski definition) is 0. The number of ketones is 1. The molecule has 0 aromatic heterocycles. The highest BCUT2D eigenvalue weighted by atomic mass is 16.1. The molecule has 0 atom stereocenters. The van der Waals surface area contributed by atoms with Crippen molar-refractivity contribution in [2.75, 3.05) is 4.90 Å². The Bertz CT molecular complexity index is 724. The van der Waals surface area contributed by atoms with E-state index in [-0.39, 0.29) is 5.78 Å². The van der Waals surface area contributed by atoms with E-state index in [2.05, 4.69) is 41.3 Å². The molecular weight excluding hydrogens is 282 g/mol. The van der Waals surface area contributed by atoms with Crippen LogP contribution in [0.4, 0.5) is 17.1 Å². The first kappa shape index (κ1) is 15.0. The van der Waals surface area contributed by atoms with Crippen molar-refractivity contribution in [2.24, 2.45) is 0 Å². The second-order valence-electron chi connectivity index (χ2n) is 5.55. The topological polar surface area (TPSA) is 20.3 Å². The van der Waals surface area contributed by atoms with Crippen LogP contribution < -0.4 is 4.90 Å². The molecule has 3 aromatic carbocycles. The van der Waals surface area contributed by atoms with Crippen molar-refractivity contribution in [1.29, 1.82) is 0 Å². The summed E-state index contributed by atoms with van der Waals surface area (Å²) in [5, 5.41) is 0. The average Bonchev–Trinajstić information content (AvgIpc) is 2.58. The molecule has 0 saturated heterocycles. The maximum atomic E-state index is 11.3. The summed E-state index contributed by atoms with van der Waals surface area (Å²) >= 11 is 0. The van der Waals surface area contributed by atoms with Crippen molar-refractivity contribution < 1.29 is 4.79 Å². The number of rotatable bonds is 5. The Labute approximate surface area is 137 Å². The number of carbonyl (C=O) groups is 1. The third kappa shape index (κ3) is 3.67. The summed E-state index contributed by atoms with van der Waals surface area (Å²) in [4.78, 5) is 13.5. The monoisotopic (exact) mass is 301 g/mol. The highest BCUT2D eigenvalue weighted by molar-refractivity contribution is 5.79. The number of anilines is 3. The van der Waals surface area contributed by atoms with Crippen molar-refractivity contribution in [3.63, 3.8) is 0 Å². The Morgan fingerprint density at radius 1 is 0.696 bits per heavy atom. The Balaban J connectivity index is 2.00. The summed E-state index contributed by atoms with van der Waals surface area (Å²) in [6, 6.07) is 28.7. The maximum Gasteiger partial charge on any atom is 0.134 e. The normalized spacial score (nSPS) is 10.3. The second-order valence-corrected chi connectivity index (χ2v) is 5.55. The Morgan fingerprint density at radius 2 is 1.13 bits per heavy atom. The molecule has 0 saturated carbocycles. The van der Waals surface area contributed by atoms with Crippen LogP contribution in [-0.2, 0) is 11.2 Å². The van der Waals surface area contributed by atoms with Gasteiger partial charge in [0.1, 0.15) is 5.78 Å². The van der Waals surface area contributed by atoms with E-state index in [0.717, 1.165) is 22.6 Å². The average molecular weight is 301 g/mol. The molecule has 0 unspecified atom stereocenters. The minimum atomic E-state index is 0.181. The molecule has 0 bridgehead atoms. The van der Waals surface area contributed by atoms with Crippen LogP contribution in [0.25, 0.3) is 0 Å². The molecule has 0 aliphatic heterocycles.